The van der Waals surface area contributed by atoms with Gasteiger partial charge < -0.3 is 18.4 Å². The molecule has 1 atom stereocenters. The molecule has 154 valence electrons. The van der Waals surface area contributed by atoms with Gasteiger partial charge in [-0.3, -0.25) is 4.21 Å². The van der Waals surface area contributed by atoms with E-state index in [-0.39, 0.29) is 17.4 Å². The molecule has 0 aliphatic carbocycles. The molecular weight excluding hydrogens is 406 g/mol. The molecule has 2 aromatic carbocycles. The van der Waals surface area contributed by atoms with E-state index >= 15 is 0 Å². The number of nitrogens with zero attached hydrogens (tertiary/aromatic N) is 3. The predicted molar refractivity (Wildman–Crippen MR) is 110 cm³/mol. The van der Waals surface area contributed by atoms with Gasteiger partial charge in [0.05, 0.1) is 26.0 Å². The normalized spacial score (nSPS) is 11.9. The van der Waals surface area contributed by atoms with Crippen LogP contribution in [-0.4, -0.2) is 33.6 Å². The van der Waals surface area contributed by atoms with E-state index < -0.39 is 10.8 Å². The van der Waals surface area contributed by atoms with Crippen LogP contribution in [0.5, 0.6) is 11.5 Å². The van der Waals surface area contributed by atoms with Gasteiger partial charge in [-0.15, -0.1) is 0 Å². The molecule has 0 radical (unpaired) electrons. The zero-order valence-electron chi connectivity index (χ0n) is 16.4. The second-order valence-corrected chi connectivity index (χ2v) is 7.74. The summed E-state index contributed by atoms with van der Waals surface area (Å²) in [5.41, 5.74) is 1.57. The largest absolute Gasteiger partial charge is 0.497 e. The van der Waals surface area contributed by atoms with Crippen molar-refractivity contribution in [2.45, 2.75) is 11.5 Å². The number of para-hydroxylation sites is 1. The van der Waals surface area contributed by atoms with E-state index in [2.05, 4.69) is 15.1 Å². The molecule has 0 aliphatic rings. The number of rotatable bonds is 8. The minimum atomic E-state index is -1.32. The fourth-order valence-corrected chi connectivity index (χ4v) is 3.75. The standard InChI is InChI=1S/C21H19N3O5S/c1-26-15-9-7-14(8-10-15)18-11-22-19(28-18)12-30(25)13-20-23-21(24-29-20)16-5-3-4-6-17(16)27-2/h3-11H,12-13H2,1-2H3. The summed E-state index contributed by atoms with van der Waals surface area (Å²) >= 11 is 0. The number of hydrogen-bond donors (Lipinski definition) is 0. The quantitative estimate of drug-likeness (QED) is 0.419. The van der Waals surface area contributed by atoms with Crippen LogP contribution in [-0.2, 0) is 22.3 Å². The molecule has 9 heteroatoms. The molecule has 8 nitrogen and oxygen atoms in total. The number of oxazole rings is 1. The minimum Gasteiger partial charge on any atom is -0.497 e. The fourth-order valence-electron chi connectivity index (χ4n) is 2.84. The van der Waals surface area contributed by atoms with E-state index in [1.54, 1.807) is 20.4 Å². The second kappa shape index (κ2) is 8.91. The Bertz CT molecular complexity index is 1150. The lowest BCUT2D eigenvalue weighted by molar-refractivity contribution is 0.389. The summed E-state index contributed by atoms with van der Waals surface area (Å²) in [5, 5.41) is 3.96. The van der Waals surface area contributed by atoms with Crippen LogP contribution < -0.4 is 9.47 Å². The molecule has 0 aliphatic heterocycles. The van der Waals surface area contributed by atoms with E-state index in [9.17, 15) is 4.21 Å². The number of ether oxygens (including phenoxy) is 2. The minimum absolute atomic E-state index is 0.0996. The zero-order chi connectivity index (χ0) is 20.9. The Kier molecular flexibility index (Phi) is 5.89. The Balaban J connectivity index is 1.41. The molecule has 4 rings (SSSR count). The van der Waals surface area contributed by atoms with Gasteiger partial charge in [-0.1, -0.05) is 17.3 Å². The van der Waals surface area contributed by atoms with Crippen LogP contribution in [0.15, 0.2) is 63.7 Å². The van der Waals surface area contributed by atoms with Crippen molar-refractivity contribution in [2.75, 3.05) is 14.2 Å². The predicted octanol–water partition coefficient (Wildman–Crippen LogP) is 3.86. The highest BCUT2D eigenvalue weighted by Crippen LogP contribution is 2.27. The molecule has 4 aromatic rings. The SMILES string of the molecule is COc1ccc(-c2cnc(CS(=O)Cc3nc(-c4ccccc4OC)no3)o2)cc1. The van der Waals surface area contributed by atoms with Gasteiger partial charge in [0.15, 0.2) is 5.76 Å². The molecule has 2 heterocycles. The van der Waals surface area contributed by atoms with Crippen molar-refractivity contribution in [3.63, 3.8) is 0 Å². The maximum absolute atomic E-state index is 12.5. The summed E-state index contributed by atoms with van der Waals surface area (Å²) in [5.74, 6) is 3.27. The van der Waals surface area contributed by atoms with Crippen molar-refractivity contribution in [3.8, 4) is 34.2 Å². The van der Waals surface area contributed by atoms with Crippen LogP contribution in [0, 0.1) is 0 Å². The Hall–Kier alpha value is -3.46. The summed E-state index contributed by atoms with van der Waals surface area (Å²) in [6.45, 7) is 0. The monoisotopic (exact) mass is 425 g/mol. The highest BCUT2D eigenvalue weighted by atomic mass is 32.2. The second-order valence-electron chi connectivity index (χ2n) is 6.29. The van der Waals surface area contributed by atoms with Gasteiger partial charge >= 0.3 is 0 Å². The lowest BCUT2D eigenvalue weighted by atomic mass is 10.2. The highest BCUT2D eigenvalue weighted by Gasteiger charge is 2.16. The average molecular weight is 425 g/mol. The third-order valence-corrected chi connectivity index (χ3v) is 5.45. The first kappa shape index (κ1) is 19.8. The lowest BCUT2D eigenvalue weighted by Gasteiger charge is -2.03. The molecule has 0 bridgehead atoms. The van der Waals surface area contributed by atoms with Gasteiger partial charge in [-0.05, 0) is 36.4 Å². The molecule has 0 fully saturated rings. The van der Waals surface area contributed by atoms with Crippen molar-refractivity contribution in [3.05, 3.63) is 66.5 Å². The van der Waals surface area contributed by atoms with Crippen LogP contribution in [0.3, 0.4) is 0 Å². The molecule has 0 saturated heterocycles. The van der Waals surface area contributed by atoms with Crippen LogP contribution in [0.25, 0.3) is 22.7 Å². The van der Waals surface area contributed by atoms with Crippen molar-refractivity contribution in [2.24, 2.45) is 0 Å². The third kappa shape index (κ3) is 4.41. The van der Waals surface area contributed by atoms with Gasteiger partial charge in [0.1, 0.15) is 23.0 Å². The van der Waals surface area contributed by atoms with Crippen LogP contribution >= 0.6 is 0 Å². The third-order valence-electron chi connectivity index (χ3n) is 4.31. The van der Waals surface area contributed by atoms with E-state index in [0.717, 1.165) is 11.3 Å². The molecule has 2 aromatic heterocycles. The van der Waals surface area contributed by atoms with Crippen LogP contribution in [0.2, 0.25) is 0 Å². The summed E-state index contributed by atoms with van der Waals surface area (Å²) in [6, 6.07) is 14.8. The van der Waals surface area contributed by atoms with E-state index in [1.807, 2.05) is 48.5 Å². The molecule has 0 saturated carbocycles. The summed E-state index contributed by atoms with van der Waals surface area (Å²) < 4.78 is 34.0. The molecule has 30 heavy (non-hydrogen) atoms. The Labute approximate surface area is 175 Å². The molecule has 0 N–H and O–H groups in total. The first-order valence-electron chi connectivity index (χ1n) is 9.06. The smallest absolute Gasteiger partial charge is 0.239 e. The van der Waals surface area contributed by atoms with Gasteiger partial charge in [0, 0.05) is 16.4 Å². The van der Waals surface area contributed by atoms with Crippen molar-refractivity contribution >= 4 is 10.8 Å². The molecule has 1 unspecified atom stereocenters. The van der Waals surface area contributed by atoms with E-state index in [0.29, 0.717) is 28.8 Å². The number of methoxy groups -OCH3 is 2. The Morgan fingerprint density at radius 3 is 2.50 bits per heavy atom. The van der Waals surface area contributed by atoms with Crippen LogP contribution in [0.1, 0.15) is 11.8 Å². The molecular formula is C21H19N3O5S. The fraction of sp³-hybridized carbons (Fsp3) is 0.190. The molecule has 0 amide bonds. The topological polar surface area (TPSA) is 100 Å². The number of benzene rings is 2. The number of hydrogen-bond acceptors (Lipinski definition) is 8. The number of aromatic nitrogens is 3. The lowest BCUT2D eigenvalue weighted by Crippen LogP contribution is -2.00. The first-order valence-corrected chi connectivity index (χ1v) is 10.5. The van der Waals surface area contributed by atoms with Gasteiger partial charge in [-0.25, -0.2) is 4.98 Å². The van der Waals surface area contributed by atoms with Crippen LogP contribution in [0.4, 0.5) is 0 Å². The van der Waals surface area contributed by atoms with E-state index in [1.165, 1.54) is 0 Å². The molecule has 0 spiro atoms. The van der Waals surface area contributed by atoms with Gasteiger partial charge in [0.25, 0.3) is 0 Å². The Morgan fingerprint density at radius 1 is 0.967 bits per heavy atom. The van der Waals surface area contributed by atoms with Crippen molar-refractivity contribution in [1.29, 1.82) is 0 Å². The average Bonchev–Trinajstić information content (AvgIpc) is 3.43. The summed E-state index contributed by atoms with van der Waals surface area (Å²) in [4.78, 5) is 8.54. The van der Waals surface area contributed by atoms with Gasteiger partial charge in [0.2, 0.25) is 17.6 Å². The zero-order valence-corrected chi connectivity index (χ0v) is 17.2. The Morgan fingerprint density at radius 2 is 1.73 bits per heavy atom. The highest BCUT2D eigenvalue weighted by molar-refractivity contribution is 7.83. The maximum atomic E-state index is 12.5. The first-order chi connectivity index (χ1) is 14.7. The van der Waals surface area contributed by atoms with E-state index in [4.69, 9.17) is 18.4 Å². The maximum Gasteiger partial charge on any atom is 0.239 e. The van der Waals surface area contributed by atoms with Crippen molar-refractivity contribution in [1.82, 2.24) is 15.1 Å². The van der Waals surface area contributed by atoms with Gasteiger partial charge in [-0.2, -0.15) is 4.98 Å². The summed E-state index contributed by atoms with van der Waals surface area (Å²) in [7, 11) is 1.86. The summed E-state index contributed by atoms with van der Waals surface area (Å²) in [6.07, 6.45) is 1.61. The van der Waals surface area contributed by atoms with Crippen molar-refractivity contribution < 1.29 is 22.6 Å².